The molecule has 1 aromatic heterocycles. The predicted octanol–water partition coefficient (Wildman–Crippen LogP) is 2.82. The summed E-state index contributed by atoms with van der Waals surface area (Å²) in [6.07, 6.45) is 0. The Hall–Kier alpha value is -1.17. The minimum atomic E-state index is 0.0605. The normalized spacial score (nSPS) is 10.5. The van der Waals surface area contributed by atoms with Crippen molar-refractivity contribution in [2.24, 2.45) is 0 Å². The Balaban J connectivity index is 2.58. The van der Waals surface area contributed by atoms with Gasteiger partial charge in [-0.2, -0.15) is 0 Å². The van der Waals surface area contributed by atoms with Crippen LogP contribution in [-0.4, -0.2) is 14.8 Å². The molecule has 2 aromatic rings. The van der Waals surface area contributed by atoms with Gasteiger partial charge in [-0.15, -0.1) is 0 Å². The van der Waals surface area contributed by atoms with Crippen LogP contribution in [0.25, 0.3) is 5.69 Å². The molecule has 0 saturated heterocycles. The van der Waals surface area contributed by atoms with Gasteiger partial charge in [0, 0.05) is 16.1 Å². The highest BCUT2D eigenvalue weighted by Gasteiger charge is 2.13. The summed E-state index contributed by atoms with van der Waals surface area (Å²) in [7, 11) is 0. The molecular formula is C11H10INO2. The molecule has 15 heavy (non-hydrogen) atoms. The zero-order valence-electron chi connectivity index (χ0n) is 7.89. The summed E-state index contributed by atoms with van der Waals surface area (Å²) in [5, 5.41) is 19.6. The van der Waals surface area contributed by atoms with E-state index in [2.05, 4.69) is 22.6 Å². The van der Waals surface area contributed by atoms with Gasteiger partial charge in [-0.25, -0.2) is 0 Å². The van der Waals surface area contributed by atoms with Crippen LogP contribution >= 0.6 is 22.6 Å². The number of alkyl halides is 1. The van der Waals surface area contributed by atoms with Crippen molar-refractivity contribution < 1.29 is 10.2 Å². The van der Waals surface area contributed by atoms with Gasteiger partial charge >= 0.3 is 0 Å². The number of aromatic hydroxyl groups is 2. The first-order valence-corrected chi connectivity index (χ1v) is 6.00. The highest BCUT2D eigenvalue weighted by molar-refractivity contribution is 14.1. The smallest absolute Gasteiger partial charge is 0.202 e. The minimum Gasteiger partial charge on any atom is -0.494 e. The zero-order chi connectivity index (χ0) is 10.8. The number of halogens is 1. The fourth-order valence-electron chi connectivity index (χ4n) is 1.47. The van der Waals surface area contributed by atoms with E-state index in [0.29, 0.717) is 4.43 Å². The standard InChI is InChI=1S/C11H10INO2/c12-7-8-6-10(14)13(11(8)15)9-4-2-1-3-5-9/h1-6,14-15H,7H2. The lowest BCUT2D eigenvalue weighted by molar-refractivity contribution is 0.401. The van der Waals surface area contributed by atoms with Gasteiger partial charge in [-0.05, 0) is 12.1 Å². The van der Waals surface area contributed by atoms with E-state index in [1.54, 1.807) is 6.07 Å². The van der Waals surface area contributed by atoms with E-state index in [0.717, 1.165) is 11.3 Å². The van der Waals surface area contributed by atoms with Crippen molar-refractivity contribution in [3.63, 3.8) is 0 Å². The molecule has 0 amide bonds. The number of hydrogen-bond acceptors (Lipinski definition) is 2. The molecule has 3 nitrogen and oxygen atoms in total. The van der Waals surface area contributed by atoms with Crippen LogP contribution in [0, 0.1) is 0 Å². The molecule has 0 spiro atoms. The average molecular weight is 315 g/mol. The van der Waals surface area contributed by atoms with Crippen molar-refractivity contribution in [2.45, 2.75) is 4.43 Å². The molecule has 2 rings (SSSR count). The van der Waals surface area contributed by atoms with Gasteiger partial charge in [0.05, 0.1) is 5.69 Å². The van der Waals surface area contributed by atoms with Gasteiger partial charge in [0.2, 0.25) is 5.88 Å². The molecule has 2 N–H and O–H groups in total. The Kier molecular flexibility index (Phi) is 2.86. The molecule has 0 bridgehead atoms. The molecule has 0 unspecified atom stereocenters. The lowest BCUT2D eigenvalue weighted by Gasteiger charge is -2.06. The fourth-order valence-corrected chi connectivity index (χ4v) is 2.03. The molecule has 1 aromatic carbocycles. The lowest BCUT2D eigenvalue weighted by Crippen LogP contribution is -1.91. The van der Waals surface area contributed by atoms with E-state index in [-0.39, 0.29) is 11.8 Å². The lowest BCUT2D eigenvalue weighted by atomic mass is 10.3. The largest absolute Gasteiger partial charge is 0.494 e. The first-order valence-electron chi connectivity index (χ1n) is 4.48. The van der Waals surface area contributed by atoms with Crippen LogP contribution in [0.2, 0.25) is 0 Å². The van der Waals surface area contributed by atoms with E-state index < -0.39 is 0 Å². The molecule has 0 aliphatic carbocycles. The zero-order valence-corrected chi connectivity index (χ0v) is 10.0. The third-order valence-corrected chi connectivity index (χ3v) is 3.01. The van der Waals surface area contributed by atoms with Crippen molar-refractivity contribution in [1.29, 1.82) is 0 Å². The summed E-state index contributed by atoms with van der Waals surface area (Å²) in [6.45, 7) is 0. The van der Waals surface area contributed by atoms with Crippen molar-refractivity contribution in [3.8, 4) is 17.4 Å². The van der Waals surface area contributed by atoms with Gasteiger partial charge in [0.1, 0.15) is 0 Å². The quantitative estimate of drug-likeness (QED) is 0.661. The Morgan fingerprint density at radius 1 is 1.13 bits per heavy atom. The molecule has 1 heterocycles. The van der Waals surface area contributed by atoms with Crippen LogP contribution in [0.1, 0.15) is 5.56 Å². The summed E-state index contributed by atoms with van der Waals surface area (Å²) in [4.78, 5) is 0. The van der Waals surface area contributed by atoms with Crippen LogP contribution in [0.4, 0.5) is 0 Å². The SMILES string of the molecule is Oc1cc(CI)c(O)n1-c1ccccc1. The molecule has 0 saturated carbocycles. The molecular weight excluding hydrogens is 305 g/mol. The van der Waals surface area contributed by atoms with Crippen molar-refractivity contribution in [3.05, 3.63) is 42.0 Å². The maximum atomic E-state index is 9.86. The van der Waals surface area contributed by atoms with E-state index in [9.17, 15) is 10.2 Å². The maximum absolute atomic E-state index is 9.86. The molecule has 0 radical (unpaired) electrons. The maximum Gasteiger partial charge on any atom is 0.202 e. The van der Waals surface area contributed by atoms with Gasteiger partial charge in [0.25, 0.3) is 0 Å². The van der Waals surface area contributed by atoms with Gasteiger partial charge in [0.15, 0.2) is 5.88 Å². The first-order chi connectivity index (χ1) is 7.24. The second-order valence-corrected chi connectivity index (χ2v) is 3.92. The highest BCUT2D eigenvalue weighted by atomic mass is 127. The second kappa shape index (κ2) is 4.14. The van der Waals surface area contributed by atoms with E-state index >= 15 is 0 Å². The van der Waals surface area contributed by atoms with Crippen LogP contribution in [0.5, 0.6) is 11.8 Å². The van der Waals surface area contributed by atoms with E-state index in [1.807, 2.05) is 30.3 Å². The molecule has 0 fully saturated rings. The van der Waals surface area contributed by atoms with Gasteiger partial charge in [-0.3, -0.25) is 4.57 Å². The molecule has 0 aliphatic heterocycles. The number of rotatable bonds is 2. The summed E-state index contributed by atoms with van der Waals surface area (Å²) < 4.78 is 2.09. The summed E-state index contributed by atoms with van der Waals surface area (Å²) in [6, 6.07) is 10.8. The van der Waals surface area contributed by atoms with Crippen LogP contribution in [0.15, 0.2) is 36.4 Å². The van der Waals surface area contributed by atoms with Crippen LogP contribution in [-0.2, 0) is 4.43 Å². The third-order valence-electron chi connectivity index (χ3n) is 2.19. The van der Waals surface area contributed by atoms with Crippen molar-refractivity contribution in [2.75, 3.05) is 0 Å². The van der Waals surface area contributed by atoms with Gasteiger partial charge in [-0.1, -0.05) is 40.8 Å². The number of nitrogens with zero attached hydrogens (tertiary/aromatic N) is 1. The van der Waals surface area contributed by atoms with E-state index in [1.165, 1.54) is 4.57 Å². The predicted molar refractivity (Wildman–Crippen MR) is 66.8 cm³/mol. The van der Waals surface area contributed by atoms with E-state index in [4.69, 9.17) is 0 Å². The number of benzene rings is 1. The number of hydrogen-bond donors (Lipinski definition) is 2. The fraction of sp³-hybridized carbons (Fsp3) is 0.0909. The topological polar surface area (TPSA) is 45.4 Å². The van der Waals surface area contributed by atoms with Crippen LogP contribution in [0.3, 0.4) is 0 Å². The molecule has 0 aliphatic rings. The summed E-state index contributed by atoms with van der Waals surface area (Å²) >= 11 is 2.14. The molecule has 4 heteroatoms. The minimum absolute atomic E-state index is 0.0605. The highest BCUT2D eigenvalue weighted by Crippen LogP contribution is 2.32. The summed E-state index contributed by atoms with van der Waals surface area (Å²) in [5.41, 5.74) is 1.49. The van der Waals surface area contributed by atoms with Crippen LogP contribution < -0.4 is 0 Å². The van der Waals surface area contributed by atoms with Gasteiger partial charge < -0.3 is 10.2 Å². The monoisotopic (exact) mass is 315 g/mol. The average Bonchev–Trinajstić information content (AvgIpc) is 2.55. The Labute approximate surface area is 101 Å². The Morgan fingerprint density at radius 2 is 1.80 bits per heavy atom. The van der Waals surface area contributed by atoms with Crippen molar-refractivity contribution in [1.82, 2.24) is 4.57 Å². The number of aromatic nitrogens is 1. The molecule has 78 valence electrons. The Bertz CT molecular complexity index is 465. The second-order valence-electron chi connectivity index (χ2n) is 3.16. The first kappa shape index (κ1) is 10.4. The summed E-state index contributed by atoms with van der Waals surface area (Å²) in [5.74, 6) is 0.165. The number of para-hydroxylation sites is 1. The Morgan fingerprint density at radius 3 is 2.33 bits per heavy atom. The van der Waals surface area contributed by atoms with Crippen molar-refractivity contribution >= 4 is 22.6 Å². The molecule has 0 atom stereocenters. The third kappa shape index (κ3) is 1.81.